The maximum absolute atomic E-state index is 13.3. The summed E-state index contributed by atoms with van der Waals surface area (Å²) in [6.45, 7) is 0.354. The number of halogens is 4. The Kier molecular flexibility index (Phi) is 7.17. The number of amides is 1. The summed E-state index contributed by atoms with van der Waals surface area (Å²) < 4.78 is 45.0. The third-order valence-corrected chi connectivity index (χ3v) is 6.40. The fourth-order valence-electron chi connectivity index (χ4n) is 4.10. The van der Waals surface area contributed by atoms with E-state index in [0.29, 0.717) is 24.7 Å². The van der Waals surface area contributed by atoms with E-state index in [2.05, 4.69) is 26.1 Å². The average Bonchev–Trinajstić information content (AvgIpc) is 3.29. The molecule has 174 valence electrons. The Morgan fingerprint density at radius 2 is 1.70 bits per heavy atom. The molecule has 0 radical (unpaired) electrons. The van der Waals surface area contributed by atoms with E-state index in [1.165, 1.54) is 12.1 Å². The number of carbonyl (C=O) groups excluding carboxylic acids is 1. The first-order valence-electron chi connectivity index (χ1n) is 10.9. The second-order valence-electron chi connectivity index (χ2n) is 8.13. The minimum absolute atomic E-state index is 0.0439. The van der Waals surface area contributed by atoms with E-state index in [1.807, 2.05) is 24.3 Å². The first-order chi connectivity index (χ1) is 15.8. The Morgan fingerprint density at radius 1 is 1.03 bits per heavy atom. The zero-order valence-corrected chi connectivity index (χ0v) is 19.4. The van der Waals surface area contributed by atoms with Crippen molar-refractivity contribution in [3.63, 3.8) is 0 Å². The summed E-state index contributed by atoms with van der Waals surface area (Å²) in [6, 6.07) is 12.0. The summed E-state index contributed by atoms with van der Waals surface area (Å²) in [6.07, 6.45) is 0.854. The Bertz CT molecular complexity index is 1080. The summed E-state index contributed by atoms with van der Waals surface area (Å²) in [4.78, 5) is 19.5. The minimum Gasteiger partial charge on any atom is -0.339 e. The molecule has 5 nitrogen and oxygen atoms in total. The van der Waals surface area contributed by atoms with E-state index in [0.717, 1.165) is 54.3 Å². The van der Waals surface area contributed by atoms with E-state index < -0.39 is 11.7 Å². The molecule has 0 aliphatic heterocycles. The SMILES string of the molecule is O=C(c1ccc(C(F)(F)F)cc1)N(CCc1nc(-c2ccc(Br)cc2)no1)C1CCCCC1. The summed E-state index contributed by atoms with van der Waals surface area (Å²) in [5, 5.41) is 4.03. The van der Waals surface area contributed by atoms with Crippen molar-refractivity contribution in [2.24, 2.45) is 0 Å². The maximum Gasteiger partial charge on any atom is 0.416 e. The highest BCUT2D eigenvalue weighted by Crippen LogP contribution is 2.30. The molecule has 1 heterocycles. The van der Waals surface area contributed by atoms with Crippen molar-refractivity contribution >= 4 is 21.8 Å². The number of rotatable bonds is 6. The normalized spacial score (nSPS) is 14.9. The van der Waals surface area contributed by atoms with E-state index in [-0.39, 0.29) is 17.5 Å². The van der Waals surface area contributed by atoms with Gasteiger partial charge < -0.3 is 9.42 Å². The molecule has 1 fully saturated rings. The third kappa shape index (κ3) is 5.82. The smallest absolute Gasteiger partial charge is 0.339 e. The van der Waals surface area contributed by atoms with Crippen LogP contribution in [0.4, 0.5) is 13.2 Å². The van der Waals surface area contributed by atoms with Gasteiger partial charge in [0.1, 0.15) is 0 Å². The van der Waals surface area contributed by atoms with Crippen LogP contribution >= 0.6 is 15.9 Å². The predicted molar refractivity (Wildman–Crippen MR) is 120 cm³/mol. The lowest BCUT2D eigenvalue weighted by Gasteiger charge is -2.34. The highest BCUT2D eigenvalue weighted by Gasteiger charge is 2.31. The first kappa shape index (κ1) is 23.5. The van der Waals surface area contributed by atoms with Gasteiger partial charge in [-0.1, -0.05) is 40.3 Å². The molecule has 0 spiro atoms. The highest BCUT2D eigenvalue weighted by atomic mass is 79.9. The molecule has 0 N–H and O–H groups in total. The molecule has 9 heteroatoms. The molecule has 1 aliphatic carbocycles. The van der Waals surface area contributed by atoms with E-state index in [9.17, 15) is 18.0 Å². The van der Waals surface area contributed by atoms with Crippen molar-refractivity contribution in [1.29, 1.82) is 0 Å². The van der Waals surface area contributed by atoms with Gasteiger partial charge >= 0.3 is 6.18 Å². The molecule has 0 saturated heterocycles. The number of alkyl halides is 3. The molecular formula is C24H23BrF3N3O2. The standard InChI is InChI=1S/C24H23BrF3N3O2/c25-19-12-8-16(9-13-19)22-29-21(33-30-22)14-15-31(20-4-2-1-3-5-20)23(32)17-6-10-18(11-7-17)24(26,27)28/h6-13,20H,1-5,14-15H2. The molecule has 1 aromatic heterocycles. The van der Waals surface area contributed by atoms with Crippen LogP contribution in [0.15, 0.2) is 57.5 Å². The molecule has 1 saturated carbocycles. The van der Waals surface area contributed by atoms with Crippen LogP contribution in [0.1, 0.15) is 53.9 Å². The van der Waals surface area contributed by atoms with Gasteiger partial charge in [0.2, 0.25) is 11.7 Å². The lowest BCUT2D eigenvalue weighted by molar-refractivity contribution is -0.137. The molecule has 0 bridgehead atoms. The molecule has 0 unspecified atom stereocenters. The number of nitrogens with zero attached hydrogens (tertiary/aromatic N) is 3. The van der Waals surface area contributed by atoms with Crippen LogP contribution in [0.5, 0.6) is 0 Å². The highest BCUT2D eigenvalue weighted by molar-refractivity contribution is 9.10. The van der Waals surface area contributed by atoms with E-state index in [1.54, 1.807) is 4.90 Å². The van der Waals surface area contributed by atoms with Crippen molar-refractivity contribution < 1.29 is 22.5 Å². The second kappa shape index (κ2) is 10.1. The topological polar surface area (TPSA) is 59.2 Å². The molecule has 3 aromatic rings. The molecule has 33 heavy (non-hydrogen) atoms. The Labute approximate surface area is 198 Å². The van der Waals surface area contributed by atoms with Gasteiger partial charge in [-0.05, 0) is 61.4 Å². The molecule has 2 aromatic carbocycles. The van der Waals surface area contributed by atoms with Crippen LogP contribution in [0.25, 0.3) is 11.4 Å². The molecule has 1 amide bonds. The van der Waals surface area contributed by atoms with Gasteiger partial charge in [0, 0.05) is 34.6 Å². The summed E-state index contributed by atoms with van der Waals surface area (Å²) in [7, 11) is 0. The van der Waals surface area contributed by atoms with Crippen LogP contribution in [-0.4, -0.2) is 33.5 Å². The van der Waals surface area contributed by atoms with Gasteiger partial charge in [0.05, 0.1) is 5.56 Å². The molecular weight excluding hydrogens is 499 g/mol. The first-order valence-corrected chi connectivity index (χ1v) is 11.7. The number of hydrogen-bond acceptors (Lipinski definition) is 4. The fourth-order valence-corrected chi connectivity index (χ4v) is 4.36. The van der Waals surface area contributed by atoms with Crippen LogP contribution in [0.3, 0.4) is 0 Å². The summed E-state index contributed by atoms with van der Waals surface area (Å²) >= 11 is 3.39. The van der Waals surface area contributed by atoms with Crippen LogP contribution < -0.4 is 0 Å². The van der Waals surface area contributed by atoms with Crippen molar-refractivity contribution in [3.05, 3.63) is 70.0 Å². The number of aromatic nitrogens is 2. The zero-order valence-electron chi connectivity index (χ0n) is 17.8. The number of benzene rings is 2. The van der Waals surface area contributed by atoms with Crippen LogP contribution in [-0.2, 0) is 12.6 Å². The van der Waals surface area contributed by atoms with Crippen molar-refractivity contribution in [3.8, 4) is 11.4 Å². The lowest BCUT2D eigenvalue weighted by atomic mass is 9.93. The number of hydrogen-bond donors (Lipinski definition) is 0. The van der Waals surface area contributed by atoms with Gasteiger partial charge in [-0.15, -0.1) is 0 Å². The summed E-state index contributed by atoms with van der Waals surface area (Å²) in [5.41, 5.74) is 0.294. The largest absolute Gasteiger partial charge is 0.416 e. The Balaban J connectivity index is 1.49. The third-order valence-electron chi connectivity index (χ3n) is 5.87. The Hall–Kier alpha value is -2.68. The zero-order chi connectivity index (χ0) is 23.4. The van der Waals surface area contributed by atoms with E-state index >= 15 is 0 Å². The van der Waals surface area contributed by atoms with Crippen molar-refractivity contribution in [2.45, 2.75) is 50.7 Å². The number of carbonyl (C=O) groups is 1. The van der Waals surface area contributed by atoms with Gasteiger partial charge in [-0.2, -0.15) is 18.2 Å². The Morgan fingerprint density at radius 3 is 2.33 bits per heavy atom. The van der Waals surface area contributed by atoms with Crippen molar-refractivity contribution in [1.82, 2.24) is 15.0 Å². The minimum atomic E-state index is -4.44. The lowest BCUT2D eigenvalue weighted by Crippen LogP contribution is -2.42. The van der Waals surface area contributed by atoms with Crippen LogP contribution in [0, 0.1) is 0 Å². The molecule has 1 aliphatic rings. The predicted octanol–water partition coefficient (Wildman–Crippen LogP) is 6.54. The monoisotopic (exact) mass is 521 g/mol. The van der Waals surface area contributed by atoms with Crippen molar-refractivity contribution in [2.75, 3.05) is 6.54 Å². The average molecular weight is 522 g/mol. The molecule has 4 rings (SSSR count). The van der Waals surface area contributed by atoms with Gasteiger partial charge in [0.25, 0.3) is 5.91 Å². The van der Waals surface area contributed by atoms with E-state index in [4.69, 9.17) is 4.52 Å². The fraction of sp³-hybridized carbons (Fsp3) is 0.375. The van der Waals surface area contributed by atoms with Crippen LogP contribution in [0.2, 0.25) is 0 Å². The van der Waals surface area contributed by atoms with Gasteiger partial charge in [0.15, 0.2) is 0 Å². The van der Waals surface area contributed by atoms with Gasteiger partial charge in [-0.3, -0.25) is 4.79 Å². The summed E-state index contributed by atoms with van der Waals surface area (Å²) in [5.74, 6) is 0.605. The quantitative estimate of drug-likeness (QED) is 0.369. The maximum atomic E-state index is 13.3. The second-order valence-corrected chi connectivity index (χ2v) is 9.05. The van der Waals surface area contributed by atoms with Gasteiger partial charge in [-0.25, -0.2) is 0 Å². The molecule has 0 atom stereocenters.